The molecule has 0 spiro atoms. The Bertz CT molecular complexity index is 1180. The van der Waals surface area contributed by atoms with Gasteiger partial charge >= 0.3 is 0 Å². The molecule has 8 heteroatoms. The molecule has 4 rings (SSSR count). The van der Waals surface area contributed by atoms with Crippen LogP contribution in [-0.2, 0) is 4.94 Å². The molecule has 0 radical (unpaired) electrons. The quantitative estimate of drug-likeness (QED) is 0.234. The molecule has 1 fully saturated rings. The van der Waals surface area contributed by atoms with Crippen molar-refractivity contribution in [1.29, 1.82) is 0 Å². The summed E-state index contributed by atoms with van der Waals surface area (Å²) in [6.07, 6.45) is 0.538. The van der Waals surface area contributed by atoms with E-state index in [2.05, 4.69) is 68.5 Å². The van der Waals surface area contributed by atoms with E-state index in [1.165, 1.54) is 17.2 Å². The third kappa shape index (κ3) is 8.01. The molecule has 1 heterocycles. The second-order valence-electron chi connectivity index (χ2n) is 8.80. The summed E-state index contributed by atoms with van der Waals surface area (Å²) in [4.78, 5) is 9.13. The van der Waals surface area contributed by atoms with E-state index in [-0.39, 0.29) is 11.8 Å². The second-order valence-corrected chi connectivity index (χ2v) is 9.24. The van der Waals surface area contributed by atoms with Crippen LogP contribution < -0.4 is 16.1 Å². The monoisotopic (exact) mass is 522 g/mol. The molecule has 1 aliphatic rings. The number of nitrogens with two attached hydrogens (primary N) is 1. The minimum atomic E-state index is -0.409. The number of piperazine rings is 1. The van der Waals surface area contributed by atoms with Crippen LogP contribution in [0.25, 0.3) is 0 Å². The van der Waals surface area contributed by atoms with E-state index in [1.807, 2.05) is 18.2 Å². The van der Waals surface area contributed by atoms with Crippen LogP contribution >= 0.6 is 11.6 Å². The first-order chi connectivity index (χ1) is 18.1. The van der Waals surface area contributed by atoms with Gasteiger partial charge in [0.15, 0.2) is 11.6 Å². The number of benzene rings is 3. The van der Waals surface area contributed by atoms with Gasteiger partial charge in [-0.25, -0.2) is 9.33 Å². The predicted molar refractivity (Wildman–Crippen MR) is 144 cm³/mol. The summed E-state index contributed by atoms with van der Waals surface area (Å²) in [7, 11) is 0. The molecule has 1 saturated heterocycles. The van der Waals surface area contributed by atoms with E-state index in [0.29, 0.717) is 25.1 Å². The SMILES string of the molecule is NONCCC#Cc1ccc(OCCN2CCN([C@H](c3ccccc3)c3ccc(Cl)cc3)CC2)c(F)c1. The summed E-state index contributed by atoms with van der Waals surface area (Å²) in [6.45, 7) is 5.35. The zero-order valence-electron chi connectivity index (χ0n) is 20.7. The Balaban J connectivity index is 1.27. The van der Waals surface area contributed by atoms with Crippen molar-refractivity contribution in [2.75, 3.05) is 45.9 Å². The molecule has 0 aliphatic carbocycles. The van der Waals surface area contributed by atoms with Gasteiger partial charge in [-0.2, -0.15) is 11.4 Å². The van der Waals surface area contributed by atoms with Crippen molar-refractivity contribution < 1.29 is 14.1 Å². The predicted octanol–water partition coefficient (Wildman–Crippen LogP) is 4.40. The maximum Gasteiger partial charge on any atom is 0.166 e. The number of hydrogen-bond acceptors (Lipinski definition) is 6. The minimum absolute atomic E-state index is 0.179. The van der Waals surface area contributed by atoms with Gasteiger partial charge < -0.3 is 4.74 Å². The van der Waals surface area contributed by atoms with Gasteiger partial charge in [0.2, 0.25) is 0 Å². The molecule has 194 valence electrons. The van der Waals surface area contributed by atoms with Crippen LogP contribution in [0.15, 0.2) is 72.8 Å². The molecule has 3 N–H and O–H groups in total. The van der Waals surface area contributed by atoms with Crippen LogP contribution in [-0.4, -0.2) is 55.7 Å². The van der Waals surface area contributed by atoms with Crippen LogP contribution in [0.5, 0.6) is 5.75 Å². The molecule has 0 saturated carbocycles. The van der Waals surface area contributed by atoms with E-state index < -0.39 is 5.82 Å². The number of hydrogen-bond donors (Lipinski definition) is 2. The zero-order chi connectivity index (χ0) is 25.9. The lowest BCUT2D eigenvalue weighted by atomic mass is 9.96. The van der Waals surface area contributed by atoms with Crippen LogP contribution in [0, 0.1) is 17.7 Å². The molecule has 0 unspecified atom stereocenters. The van der Waals surface area contributed by atoms with Gasteiger partial charge in [0.05, 0.1) is 6.04 Å². The first-order valence-corrected chi connectivity index (χ1v) is 12.8. The highest BCUT2D eigenvalue weighted by Gasteiger charge is 2.26. The average Bonchev–Trinajstić information content (AvgIpc) is 2.92. The third-order valence-corrected chi connectivity index (χ3v) is 6.59. The minimum Gasteiger partial charge on any atom is -0.489 e. The van der Waals surface area contributed by atoms with Crippen molar-refractivity contribution in [2.24, 2.45) is 5.90 Å². The number of hydroxylamine groups is 1. The summed E-state index contributed by atoms with van der Waals surface area (Å²) < 4.78 is 20.2. The molecule has 3 aromatic carbocycles. The number of rotatable bonds is 10. The fraction of sp³-hybridized carbons (Fsp3) is 0.310. The Labute approximate surface area is 223 Å². The lowest BCUT2D eigenvalue weighted by molar-refractivity contribution is 0.0425. The van der Waals surface area contributed by atoms with Gasteiger partial charge in [-0.05, 0) is 41.5 Å². The Morgan fingerprint density at radius 2 is 1.70 bits per heavy atom. The smallest absolute Gasteiger partial charge is 0.166 e. The van der Waals surface area contributed by atoms with Gasteiger partial charge in [-0.3, -0.25) is 9.80 Å². The zero-order valence-corrected chi connectivity index (χ0v) is 21.5. The topological polar surface area (TPSA) is 63.0 Å². The second kappa shape index (κ2) is 14.1. The van der Waals surface area contributed by atoms with Gasteiger partial charge in [0.1, 0.15) is 6.61 Å². The van der Waals surface area contributed by atoms with Crippen molar-refractivity contribution in [1.82, 2.24) is 15.3 Å². The summed E-state index contributed by atoms with van der Waals surface area (Å²) in [5, 5.41) is 0.741. The molecular formula is C29H32ClFN4O2. The lowest BCUT2D eigenvalue weighted by Gasteiger charge is -2.39. The van der Waals surface area contributed by atoms with E-state index in [1.54, 1.807) is 12.1 Å². The van der Waals surface area contributed by atoms with Crippen molar-refractivity contribution >= 4 is 11.6 Å². The molecule has 0 bridgehead atoms. The fourth-order valence-corrected chi connectivity index (χ4v) is 4.58. The highest BCUT2D eigenvalue weighted by atomic mass is 35.5. The van der Waals surface area contributed by atoms with Gasteiger partial charge in [-0.1, -0.05) is 65.9 Å². The summed E-state index contributed by atoms with van der Waals surface area (Å²) in [5.41, 5.74) is 5.60. The van der Waals surface area contributed by atoms with Crippen molar-refractivity contribution in [3.63, 3.8) is 0 Å². The molecular weight excluding hydrogens is 491 g/mol. The molecule has 37 heavy (non-hydrogen) atoms. The Hall–Kier alpha value is -2.96. The van der Waals surface area contributed by atoms with Crippen LogP contribution in [0.2, 0.25) is 5.02 Å². The standard InChI is InChI=1S/C29H32ClFN4O2/c30-26-12-10-25(11-13-26)29(24-7-2-1-3-8-24)35-18-16-34(17-19-35)20-21-36-28-14-9-23(22-27(28)31)6-4-5-15-33-37-32/h1-3,7-14,22,29,33H,5,15-21,32H2/t29-/m1/s1. The maximum atomic E-state index is 14.5. The van der Waals surface area contributed by atoms with E-state index >= 15 is 0 Å². The molecule has 1 aliphatic heterocycles. The van der Waals surface area contributed by atoms with E-state index in [9.17, 15) is 4.39 Å². The highest BCUT2D eigenvalue weighted by molar-refractivity contribution is 6.30. The molecule has 6 nitrogen and oxygen atoms in total. The van der Waals surface area contributed by atoms with Crippen molar-refractivity contribution in [2.45, 2.75) is 12.5 Å². The van der Waals surface area contributed by atoms with Gasteiger partial charge in [0, 0.05) is 56.3 Å². The Morgan fingerprint density at radius 1 is 0.973 bits per heavy atom. The average molecular weight is 523 g/mol. The van der Waals surface area contributed by atoms with Crippen LogP contribution in [0.3, 0.4) is 0 Å². The van der Waals surface area contributed by atoms with Crippen molar-refractivity contribution in [3.05, 3.63) is 100 Å². The van der Waals surface area contributed by atoms with Crippen LogP contribution in [0.4, 0.5) is 4.39 Å². The van der Waals surface area contributed by atoms with Gasteiger partial charge in [0.25, 0.3) is 0 Å². The molecule has 3 aromatic rings. The third-order valence-electron chi connectivity index (χ3n) is 6.34. The maximum absolute atomic E-state index is 14.5. The molecule has 0 amide bonds. The Kier molecular flexibility index (Phi) is 10.3. The fourth-order valence-electron chi connectivity index (χ4n) is 4.46. The first kappa shape index (κ1) is 27.1. The number of halogens is 2. The summed E-state index contributed by atoms with van der Waals surface area (Å²) >= 11 is 6.14. The van der Waals surface area contributed by atoms with Crippen molar-refractivity contribution in [3.8, 4) is 17.6 Å². The van der Waals surface area contributed by atoms with E-state index in [0.717, 1.165) is 37.7 Å². The normalized spacial score (nSPS) is 15.1. The molecule has 0 aromatic heterocycles. The van der Waals surface area contributed by atoms with Crippen LogP contribution in [0.1, 0.15) is 29.2 Å². The number of ether oxygens (including phenoxy) is 1. The summed E-state index contributed by atoms with van der Waals surface area (Å²) in [5.74, 6) is 10.6. The summed E-state index contributed by atoms with van der Waals surface area (Å²) in [6, 6.07) is 23.7. The first-order valence-electron chi connectivity index (χ1n) is 12.4. The van der Waals surface area contributed by atoms with Gasteiger partial charge in [-0.15, -0.1) is 0 Å². The number of nitrogens with zero attached hydrogens (tertiary/aromatic N) is 2. The Morgan fingerprint density at radius 3 is 2.41 bits per heavy atom. The van der Waals surface area contributed by atoms with E-state index in [4.69, 9.17) is 22.2 Å². The number of nitrogens with one attached hydrogen (secondary N) is 1. The lowest BCUT2D eigenvalue weighted by Crippen LogP contribution is -2.48. The molecule has 1 atom stereocenters. The highest BCUT2D eigenvalue weighted by Crippen LogP contribution is 2.30. The largest absolute Gasteiger partial charge is 0.489 e.